The molecule has 0 bridgehead atoms. The number of nitrogens with zero attached hydrogens (tertiary/aromatic N) is 1. The lowest BCUT2D eigenvalue weighted by molar-refractivity contribution is -0.129. The lowest BCUT2D eigenvalue weighted by Crippen LogP contribution is -2.36. The number of hydrogen-bond acceptors (Lipinski definition) is 4. The summed E-state index contributed by atoms with van der Waals surface area (Å²) in [6, 6.07) is 14.0. The van der Waals surface area contributed by atoms with Crippen LogP contribution < -0.4 is 5.32 Å². The molecule has 5 nitrogen and oxygen atoms in total. The molecule has 1 amide bonds. The van der Waals surface area contributed by atoms with E-state index in [1.54, 1.807) is 24.3 Å². The van der Waals surface area contributed by atoms with Crippen LogP contribution in [-0.2, 0) is 16.0 Å². The maximum Gasteiger partial charge on any atom is 0.338 e. The first-order valence-electron chi connectivity index (χ1n) is 7.73. The molecule has 128 valence electrons. The summed E-state index contributed by atoms with van der Waals surface area (Å²) in [7, 11) is 0. The molecule has 0 aromatic heterocycles. The van der Waals surface area contributed by atoms with Crippen LogP contribution >= 0.6 is 0 Å². The number of carbonyl (C=O) groups excluding carboxylic acids is 2. The third-order valence-corrected chi connectivity index (χ3v) is 3.51. The molecule has 2 rings (SSSR count). The molecule has 0 fully saturated rings. The highest BCUT2D eigenvalue weighted by Crippen LogP contribution is 2.08. The highest BCUT2D eigenvalue weighted by molar-refractivity contribution is 5.92. The molecule has 2 aromatic rings. The molecule has 1 atom stereocenters. The predicted molar refractivity (Wildman–Crippen MR) is 89.1 cm³/mol. The van der Waals surface area contributed by atoms with Crippen molar-refractivity contribution >= 4 is 11.9 Å². The van der Waals surface area contributed by atoms with E-state index in [-0.39, 0.29) is 11.4 Å². The van der Waals surface area contributed by atoms with Crippen LogP contribution in [-0.4, -0.2) is 24.5 Å². The third kappa shape index (κ3) is 5.43. The summed E-state index contributed by atoms with van der Waals surface area (Å²) in [5.41, 5.74) is 1.44. The van der Waals surface area contributed by atoms with Gasteiger partial charge in [0.15, 0.2) is 6.10 Å². The second-order valence-corrected chi connectivity index (χ2v) is 5.41. The molecule has 0 spiro atoms. The number of ether oxygens (including phenoxy) is 1. The van der Waals surface area contributed by atoms with Gasteiger partial charge in [-0.3, -0.25) is 4.79 Å². The van der Waals surface area contributed by atoms with Crippen molar-refractivity contribution in [3.05, 3.63) is 71.0 Å². The number of rotatable bonds is 6. The van der Waals surface area contributed by atoms with Crippen molar-refractivity contribution in [2.45, 2.75) is 19.4 Å². The molecule has 6 heteroatoms. The average Bonchev–Trinajstić information content (AvgIpc) is 2.63. The van der Waals surface area contributed by atoms with Gasteiger partial charge in [0.25, 0.3) is 5.91 Å². The van der Waals surface area contributed by atoms with Crippen LogP contribution in [0, 0.1) is 17.1 Å². The first kappa shape index (κ1) is 18.1. The molecule has 0 aliphatic carbocycles. The zero-order valence-electron chi connectivity index (χ0n) is 13.7. The molecule has 0 radical (unpaired) electrons. The first-order valence-corrected chi connectivity index (χ1v) is 7.73. The Kier molecular flexibility index (Phi) is 6.24. The molecule has 0 aliphatic rings. The molecule has 0 unspecified atom stereocenters. The Labute approximate surface area is 145 Å². The van der Waals surface area contributed by atoms with Crippen LogP contribution in [0.1, 0.15) is 28.4 Å². The van der Waals surface area contributed by atoms with Crippen LogP contribution in [0.3, 0.4) is 0 Å². The number of carbonyl (C=O) groups is 2. The fourth-order valence-electron chi connectivity index (χ4n) is 2.12. The number of hydrogen-bond donors (Lipinski definition) is 1. The minimum Gasteiger partial charge on any atom is -0.449 e. The summed E-state index contributed by atoms with van der Waals surface area (Å²) >= 11 is 0. The van der Waals surface area contributed by atoms with E-state index in [9.17, 15) is 14.0 Å². The Morgan fingerprint density at radius 1 is 1.24 bits per heavy atom. The molecule has 2 aromatic carbocycles. The standard InChI is InChI=1S/C19H17FN2O3/c1-13(25-19(24)16-4-2-3-15(11-16)12-21)18(23)22-10-9-14-5-7-17(20)8-6-14/h2-8,11,13H,9-10H2,1H3,(H,22,23)/t13-/m0/s1. The Morgan fingerprint density at radius 2 is 1.96 bits per heavy atom. The van der Waals surface area contributed by atoms with Crippen LogP contribution in [0.25, 0.3) is 0 Å². The van der Waals surface area contributed by atoms with Crippen LogP contribution in [0.2, 0.25) is 0 Å². The van der Waals surface area contributed by atoms with Gasteiger partial charge in [0.1, 0.15) is 5.82 Å². The summed E-state index contributed by atoms with van der Waals surface area (Å²) in [4.78, 5) is 24.0. The van der Waals surface area contributed by atoms with Gasteiger partial charge in [0, 0.05) is 6.54 Å². The Hall–Kier alpha value is -3.20. The second kappa shape index (κ2) is 8.60. The number of nitrogens with one attached hydrogen (secondary N) is 1. The fraction of sp³-hybridized carbons (Fsp3) is 0.211. The van der Waals surface area contributed by atoms with E-state index in [0.29, 0.717) is 18.5 Å². The summed E-state index contributed by atoms with van der Waals surface area (Å²) in [5.74, 6) is -1.40. The van der Waals surface area contributed by atoms with Crippen LogP contribution in [0.5, 0.6) is 0 Å². The van der Waals surface area contributed by atoms with Gasteiger partial charge in [0.2, 0.25) is 0 Å². The van der Waals surface area contributed by atoms with Gasteiger partial charge < -0.3 is 10.1 Å². The number of nitriles is 1. The van der Waals surface area contributed by atoms with E-state index in [1.807, 2.05) is 6.07 Å². The van der Waals surface area contributed by atoms with E-state index < -0.39 is 18.0 Å². The summed E-state index contributed by atoms with van der Waals surface area (Å²) in [6.45, 7) is 1.82. The summed E-state index contributed by atoms with van der Waals surface area (Å²) in [5, 5.41) is 11.5. The molecular weight excluding hydrogens is 323 g/mol. The van der Waals surface area contributed by atoms with Crippen molar-refractivity contribution < 1.29 is 18.7 Å². The van der Waals surface area contributed by atoms with E-state index >= 15 is 0 Å². The SMILES string of the molecule is C[C@H](OC(=O)c1cccc(C#N)c1)C(=O)NCCc1ccc(F)cc1. The number of benzene rings is 2. The van der Waals surface area contributed by atoms with E-state index in [0.717, 1.165) is 5.56 Å². The van der Waals surface area contributed by atoms with E-state index in [2.05, 4.69) is 5.32 Å². The lowest BCUT2D eigenvalue weighted by atomic mass is 10.1. The van der Waals surface area contributed by atoms with Gasteiger partial charge in [-0.05, 0) is 49.2 Å². The quantitative estimate of drug-likeness (QED) is 0.820. The van der Waals surface area contributed by atoms with Gasteiger partial charge in [-0.2, -0.15) is 5.26 Å². The normalized spacial score (nSPS) is 11.2. The highest BCUT2D eigenvalue weighted by Gasteiger charge is 2.18. The minimum absolute atomic E-state index is 0.213. The van der Waals surface area contributed by atoms with Crippen molar-refractivity contribution in [1.29, 1.82) is 5.26 Å². The molecular formula is C19H17FN2O3. The Bertz CT molecular complexity index is 797. The topological polar surface area (TPSA) is 79.2 Å². The largest absolute Gasteiger partial charge is 0.449 e. The number of amides is 1. The van der Waals surface area contributed by atoms with Crippen molar-refractivity contribution in [3.8, 4) is 6.07 Å². The van der Waals surface area contributed by atoms with Crippen molar-refractivity contribution in [2.75, 3.05) is 6.54 Å². The molecule has 0 heterocycles. The van der Waals surface area contributed by atoms with Gasteiger partial charge in [0.05, 0.1) is 17.2 Å². The average molecular weight is 340 g/mol. The smallest absolute Gasteiger partial charge is 0.338 e. The zero-order chi connectivity index (χ0) is 18.2. The molecule has 0 aliphatic heterocycles. The minimum atomic E-state index is -0.966. The van der Waals surface area contributed by atoms with Gasteiger partial charge >= 0.3 is 5.97 Å². The van der Waals surface area contributed by atoms with E-state index in [4.69, 9.17) is 10.00 Å². The zero-order valence-corrected chi connectivity index (χ0v) is 13.7. The Balaban J connectivity index is 1.82. The predicted octanol–water partition coefficient (Wildman–Crippen LogP) is 2.60. The number of halogens is 1. The maximum absolute atomic E-state index is 12.8. The van der Waals surface area contributed by atoms with Crippen molar-refractivity contribution in [2.24, 2.45) is 0 Å². The maximum atomic E-state index is 12.8. The molecule has 0 saturated carbocycles. The van der Waals surface area contributed by atoms with Crippen LogP contribution in [0.15, 0.2) is 48.5 Å². The number of esters is 1. The van der Waals surface area contributed by atoms with Crippen molar-refractivity contribution in [3.63, 3.8) is 0 Å². The monoisotopic (exact) mass is 340 g/mol. The molecule has 0 saturated heterocycles. The fourth-order valence-corrected chi connectivity index (χ4v) is 2.12. The first-order chi connectivity index (χ1) is 12.0. The van der Waals surface area contributed by atoms with E-state index in [1.165, 1.54) is 31.2 Å². The van der Waals surface area contributed by atoms with Gasteiger partial charge in [-0.25, -0.2) is 9.18 Å². The van der Waals surface area contributed by atoms with Gasteiger partial charge in [-0.15, -0.1) is 0 Å². The van der Waals surface area contributed by atoms with Gasteiger partial charge in [-0.1, -0.05) is 18.2 Å². The summed E-state index contributed by atoms with van der Waals surface area (Å²) < 4.78 is 17.9. The molecule has 1 N–H and O–H groups in total. The second-order valence-electron chi connectivity index (χ2n) is 5.41. The third-order valence-electron chi connectivity index (χ3n) is 3.51. The van der Waals surface area contributed by atoms with Crippen LogP contribution in [0.4, 0.5) is 4.39 Å². The molecule has 25 heavy (non-hydrogen) atoms. The van der Waals surface area contributed by atoms with Crippen molar-refractivity contribution in [1.82, 2.24) is 5.32 Å². The highest BCUT2D eigenvalue weighted by atomic mass is 19.1. The Morgan fingerprint density at radius 3 is 2.64 bits per heavy atom. The summed E-state index contributed by atoms with van der Waals surface area (Å²) in [6.07, 6.45) is -0.428. The lowest BCUT2D eigenvalue weighted by Gasteiger charge is -2.13.